The standard InChI is InChI=1S/C29H21N3O5S/c33-26-25(17-24-10-5-15-31(24)23-9-4-6-21(16-23)28(36)37)38-29(30-22-7-2-1-3-8-22)32(26)18-19-11-13-20(14-12-19)27(34)35/h1-17H,18H2,(H,34,35)(H,36,37). The monoisotopic (exact) mass is 523 g/mol. The molecule has 0 radical (unpaired) electrons. The lowest BCUT2D eigenvalue weighted by Crippen LogP contribution is -2.28. The van der Waals surface area contributed by atoms with Crippen LogP contribution in [0.4, 0.5) is 5.69 Å². The van der Waals surface area contributed by atoms with E-state index in [1.165, 1.54) is 30.0 Å². The SMILES string of the molecule is O=C(O)c1ccc(CN2C(=O)C(=Cc3cccn3-c3cccc(C(=O)O)c3)SC2=Nc2ccccc2)cc1. The molecule has 3 aromatic carbocycles. The molecule has 1 saturated heterocycles. The highest BCUT2D eigenvalue weighted by Gasteiger charge is 2.33. The van der Waals surface area contributed by atoms with E-state index in [9.17, 15) is 24.6 Å². The molecule has 1 aliphatic heterocycles. The Bertz CT molecular complexity index is 1590. The number of hydrogen-bond donors (Lipinski definition) is 2. The zero-order valence-electron chi connectivity index (χ0n) is 19.9. The third-order valence-corrected chi connectivity index (χ3v) is 6.85. The van der Waals surface area contributed by atoms with Crippen LogP contribution in [0.3, 0.4) is 0 Å². The first-order valence-electron chi connectivity index (χ1n) is 11.6. The number of aliphatic imine (C=N–C) groups is 1. The van der Waals surface area contributed by atoms with Crippen LogP contribution in [0.15, 0.2) is 107 Å². The summed E-state index contributed by atoms with van der Waals surface area (Å²) in [5, 5.41) is 19.1. The van der Waals surface area contributed by atoms with E-state index >= 15 is 0 Å². The van der Waals surface area contributed by atoms with Crippen molar-refractivity contribution in [1.29, 1.82) is 0 Å². The fourth-order valence-corrected chi connectivity index (χ4v) is 4.93. The lowest BCUT2D eigenvalue weighted by Gasteiger charge is -2.16. The van der Waals surface area contributed by atoms with Gasteiger partial charge in [0.2, 0.25) is 0 Å². The van der Waals surface area contributed by atoms with E-state index in [0.29, 0.717) is 27.1 Å². The molecule has 2 heterocycles. The average molecular weight is 524 g/mol. The number of nitrogens with zero attached hydrogens (tertiary/aromatic N) is 3. The molecule has 1 aliphatic rings. The average Bonchev–Trinajstić information content (AvgIpc) is 3.50. The van der Waals surface area contributed by atoms with Crippen molar-refractivity contribution in [2.45, 2.75) is 6.54 Å². The number of carboxylic acids is 2. The van der Waals surface area contributed by atoms with Crippen LogP contribution in [0.25, 0.3) is 11.8 Å². The summed E-state index contributed by atoms with van der Waals surface area (Å²) in [7, 11) is 0. The Hall–Kier alpha value is -4.89. The number of hydrogen-bond acceptors (Lipinski definition) is 5. The van der Waals surface area contributed by atoms with Crippen LogP contribution in [-0.2, 0) is 11.3 Å². The topological polar surface area (TPSA) is 112 Å². The van der Waals surface area contributed by atoms with Crippen molar-refractivity contribution >= 4 is 46.5 Å². The van der Waals surface area contributed by atoms with Gasteiger partial charge in [-0.2, -0.15) is 0 Å². The maximum absolute atomic E-state index is 13.6. The van der Waals surface area contributed by atoms with Gasteiger partial charge in [0.05, 0.1) is 28.3 Å². The van der Waals surface area contributed by atoms with Crippen LogP contribution >= 0.6 is 11.8 Å². The van der Waals surface area contributed by atoms with Crippen LogP contribution in [0, 0.1) is 0 Å². The third kappa shape index (κ3) is 5.28. The number of carboxylic acid groups (broad SMARTS) is 2. The van der Waals surface area contributed by atoms with Gasteiger partial charge in [-0.25, -0.2) is 14.6 Å². The molecule has 38 heavy (non-hydrogen) atoms. The molecule has 2 N–H and O–H groups in total. The van der Waals surface area contributed by atoms with Crippen molar-refractivity contribution in [3.8, 4) is 5.69 Å². The smallest absolute Gasteiger partial charge is 0.335 e. The molecule has 8 nitrogen and oxygen atoms in total. The maximum Gasteiger partial charge on any atom is 0.335 e. The van der Waals surface area contributed by atoms with Gasteiger partial charge in [0, 0.05) is 17.6 Å². The highest BCUT2D eigenvalue weighted by atomic mass is 32.2. The van der Waals surface area contributed by atoms with Gasteiger partial charge in [0.25, 0.3) is 5.91 Å². The number of carbonyl (C=O) groups is 3. The first-order chi connectivity index (χ1) is 18.4. The second-order valence-electron chi connectivity index (χ2n) is 8.39. The van der Waals surface area contributed by atoms with Crippen LogP contribution in [-0.4, -0.2) is 42.7 Å². The van der Waals surface area contributed by atoms with Crippen molar-refractivity contribution < 1.29 is 24.6 Å². The Labute approximate surface area is 222 Å². The van der Waals surface area contributed by atoms with E-state index in [1.54, 1.807) is 47.5 Å². The molecule has 1 aromatic heterocycles. The summed E-state index contributed by atoms with van der Waals surface area (Å²) in [6.07, 6.45) is 3.56. The second kappa shape index (κ2) is 10.6. The van der Waals surface area contributed by atoms with Crippen molar-refractivity contribution in [2.75, 3.05) is 0 Å². The Morgan fingerprint density at radius 1 is 0.842 bits per heavy atom. The molecule has 5 rings (SSSR count). The van der Waals surface area contributed by atoms with Gasteiger partial charge in [-0.3, -0.25) is 9.69 Å². The number of para-hydroxylation sites is 1. The van der Waals surface area contributed by atoms with Crippen molar-refractivity contribution in [1.82, 2.24) is 9.47 Å². The fourth-order valence-electron chi connectivity index (χ4n) is 3.95. The Kier molecular flexibility index (Phi) is 6.92. The lowest BCUT2D eigenvalue weighted by molar-refractivity contribution is -0.122. The number of aromatic carboxylic acids is 2. The number of amides is 1. The van der Waals surface area contributed by atoms with E-state index in [4.69, 9.17) is 4.99 Å². The summed E-state index contributed by atoms with van der Waals surface area (Å²) in [4.78, 5) is 43.0. The van der Waals surface area contributed by atoms with Gasteiger partial charge in [0.15, 0.2) is 5.17 Å². The van der Waals surface area contributed by atoms with Gasteiger partial charge in [0.1, 0.15) is 0 Å². The van der Waals surface area contributed by atoms with Crippen molar-refractivity contribution in [3.63, 3.8) is 0 Å². The molecule has 1 amide bonds. The van der Waals surface area contributed by atoms with Crippen molar-refractivity contribution in [2.24, 2.45) is 4.99 Å². The number of benzene rings is 3. The van der Waals surface area contributed by atoms with Crippen LogP contribution < -0.4 is 0 Å². The molecule has 0 atom stereocenters. The maximum atomic E-state index is 13.6. The Balaban J connectivity index is 1.50. The van der Waals surface area contributed by atoms with Gasteiger partial charge in [-0.05, 0) is 78.0 Å². The second-order valence-corrected chi connectivity index (χ2v) is 9.40. The van der Waals surface area contributed by atoms with E-state index in [1.807, 2.05) is 47.0 Å². The van der Waals surface area contributed by atoms with Gasteiger partial charge < -0.3 is 14.8 Å². The number of aromatic nitrogens is 1. The summed E-state index contributed by atoms with van der Waals surface area (Å²) < 4.78 is 1.81. The molecule has 9 heteroatoms. The summed E-state index contributed by atoms with van der Waals surface area (Å²) >= 11 is 1.25. The predicted molar refractivity (Wildman–Crippen MR) is 146 cm³/mol. The summed E-state index contributed by atoms with van der Waals surface area (Å²) in [5.41, 5.74) is 3.16. The van der Waals surface area contributed by atoms with E-state index in [-0.39, 0.29) is 23.6 Å². The van der Waals surface area contributed by atoms with E-state index < -0.39 is 11.9 Å². The number of rotatable bonds is 7. The summed E-state index contributed by atoms with van der Waals surface area (Å²) in [6, 6.07) is 25.9. The molecule has 0 aliphatic carbocycles. The minimum Gasteiger partial charge on any atom is -0.478 e. The predicted octanol–water partition coefficient (Wildman–Crippen LogP) is 5.68. The number of carbonyl (C=O) groups excluding carboxylic acids is 1. The van der Waals surface area contributed by atoms with Crippen LogP contribution in [0.1, 0.15) is 32.0 Å². The van der Waals surface area contributed by atoms with Gasteiger partial charge in [-0.15, -0.1) is 0 Å². The van der Waals surface area contributed by atoms with E-state index in [2.05, 4.69) is 0 Å². The molecule has 0 spiro atoms. The Morgan fingerprint density at radius 2 is 1.58 bits per heavy atom. The summed E-state index contributed by atoms with van der Waals surface area (Å²) in [6.45, 7) is 0.219. The van der Waals surface area contributed by atoms with Gasteiger partial charge >= 0.3 is 11.9 Å². The largest absolute Gasteiger partial charge is 0.478 e. The molecule has 4 aromatic rings. The van der Waals surface area contributed by atoms with Crippen LogP contribution in [0.5, 0.6) is 0 Å². The zero-order valence-corrected chi connectivity index (χ0v) is 20.7. The van der Waals surface area contributed by atoms with Gasteiger partial charge in [-0.1, -0.05) is 36.4 Å². The highest BCUT2D eigenvalue weighted by Crippen LogP contribution is 2.35. The van der Waals surface area contributed by atoms with Crippen LogP contribution in [0.2, 0.25) is 0 Å². The summed E-state index contributed by atoms with van der Waals surface area (Å²) in [5.74, 6) is -2.27. The lowest BCUT2D eigenvalue weighted by atomic mass is 10.1. The highest BCUT2D eigenvalue weighted by molar-refractivity contribution is 8.18. The quantitative estimate of drug-likeness (QED) is 0.302. The molecular formula is C29H21N3O5S. The third-order valence-electron chi connectivity index (χ3n) is 5.84. The van der Waals surface area contributed by atoms with E-state index in [0.717, 1.165) is 5.56 Å². The van der Waals surface area contributed by atoms with Crippen molar-refractivity contribution in [3.05, 3.63) is 124 Å². The number of amidine groups is 1. The molecule has 188 valence electrons. The molecule has 1 fully saturated rings. The fraction of sp³-hybridized carbons (Fsp3) is 0.0345. The normalized spacial score (nSPS) is 15.4. The number of thioether (sulfide) groups is 1. The molecular weight excluding hydrogens is 502 g/mol. The first kappa shape index (κ1) is 24.8. The Morgan fingerprint density at radius 3 is 2.29 bits per heavy atom. The molecule has 0 saturated carbocycles. The minimum absolute atomic E-state index is 0.165. The molecule has 0 bridgehead atoms. The molecule has 0 unspecified atom stereocenters. The minimum atomic E-state index is -1.02. The zero-order chi connectivity index (χ0) is 26.6. The first-order valence-corrected chi connectivity index (χ1v) is 12.4.